The van der Waals surface area contributed by atoms with E-state index >= 15 is 0 Å². The number of nitrogens with two attached hydrogens (primary N) is 1. The molecule has 0 aliphatic heterocycles. The van der Waals surface area contributed by atoms with Gasteiger partial charge < -0.3 is 10.5 Å². The SMILES string of the molecule is CC(COc1ccc(-c2ccnc3ccccc23)cc1C1CC1)CC(C)(C)N. The fourth-order valence-electron chi connectivity index (χ4n) is 4.10. The molecule has 0 spiro atoms. The molecule has 28 heavy (non-hydrogen) atoms. The van der Waals surface area contributed by atoms with Crippen LogP contribution in [0.3, 0.4) is 0 Å². The van der Waals surface area contributed by atoms with Crippen LogP contribution in [-0.4, -0.2) is 17.1 Å². The van der Waals surface area contributed by atoms with Gasteiger partial charge in [-0.05, 0) is 85.9 Å². The number of hydrogen-bond donors (Lipinski definition) is 1. The predicted molar refractivity (Wildman–Crippen MR) is 117 cm³/mol. The Bertz CT molecular complexity index is 964. The highest BCUT2D eigenvalue weighted by Gasteiger charge is 2.28. The van der Waals surface area contributed by atoms with Gasteiger partial charge in [-0.15, -0.1) is 0 Å². The van der Waals surface area contributed by atoms with Crippen molar-refractivity contribution in [1.82, 2.24) is 4.98 Å². The summed E-state index contributed by atoms with van der Waals surface area (Å²) < 4.78 is 6.26. The molecule has 1 saturated carbocycles. The lowest BCUT2D eigenvalue weighted by molar-refractivity contribution is 0.227. The van der Waals surface area contributed by atoms with E-state index in [1.807, 2.05) is 12.3 Å². The van der Waals surface area contributed by atoms with Gasteiger partial charge in [0.1, 0.15) is 5.75 Å². The van der Waals surface area contributed by atoms with Crippen LogP contribution in [0.4, 0.5) is 0 Å². The van der Waals surface area contributed by atoms with E-state index in [0.29, 0.717) is 18.4 Å². The Morgan fingerprint density at radius 3 is 2.68 bits per heavy atom. The van der Waals surface area contributed by atoms with Gasteiger partial charge >= 0.3 is 0 Å². The molecule has 1 unspecified atom stereocenters. The third kappa shape index (κ3) is 4.36. The van der Waals surface area contributed by atoms with Crippen LogP contribution in [0.1, 0.15) is 51.5 Å². The average Bonchev–Trinajstić information content (AvgIpc) is 3.50. The largest absolute Gasteiger partial charge is 0.493 e. The molecule has 0 bridgehead atoms. The Hall–Kier alpha value is -2.39. The first-order valence-electron chi connectivity index (χ1n) is 10.3. The zero-order valence-corrected chi connectivity index (χ0v) is 17.1. The van der Waals surface area contributed by atoms with Crippen molar-refractivity contribution in [1.29, 1.82) is 0 Å². The van der Waals surface area contributed by atoms with E-state index in [1.54, 1.807) is 0 Å². The standard InChI is InChI=1S/C25H30N2O/c1-17(15-25(2,3)26)16-28-24-11-10-19(14-22(24)18-8-9-18)20-12-13-27-23-7-5-4-6-21(20)23/h4-7,10-14,17-18H,8-9,15-16,26H2,1-3H3. The van der Waals surface area contributed by atoms with Crippen LogP contribution in [0.25, 0.3) is 22.0 Å². The maximum atomic E-state index is 6.26. The molecule has 3 nitrogen and oxygen atoms in total. The zero-order valence-electron chi connectivity index (χ0n) is 17.1. The topological polar surface area (TPSA) is 48.1 Å². The summed E-state index contributed by atoms with van der Waals surface area (Å²) in [5.41, 5.74) is 10.9. The summed E-state index contributed by atoms with van der Waals surface area (Å²) in [7, 11) is 0. The Balaban J connectivity index is 1.61. The lowest BCUT2D eigenvalue weighted by Gasteiger charge is -2.24. The first-order chi connectivity index (χ1) is 13.4. The van der Waals surface area contributed by atoms with Crippen molar-refractivity contribution in [3.05, 3.63) is 60.3 Å². The van der Waals surface area contributed by atoms with Crippen LogP contribution < -0.4 is 10.5 Å². The fourth-order valence-corrected chi connectivity index (χ4v) is 4.10. The average molecular weight is 375 g/mol. The molecule has 1 aliphatic carbocycles. The fraction of sp³-hybridized carbons (Fsp3) is 0.400. The molecule has 2 aromatic carbocycles. The van der Waals surface area contributed by atoms with E-state index in [4.69, 9.17) is 10.5 Å². The van der Waals surface area contributed by atoms with Gasteiger partial charge in [-0.2, -0.15) is 0 Å². The van der Waals surface area contributed by atoms with Gasteiger partial charge in [-0.3, -0.25) is 4.98 Å². The summed E-state index contributed by atoms with van der Waals surface area (Å²) in [5.74, 6) is 2.09. The molecule has 2 N–H and O–H groups in total. The van der Waals surface area contributed by atoms with Crippen LogP contribution >= 0.6 is 0 Å². The molecule has 4 rings (SSSR count). The Morgan fingerprint density at radius 1 is 1.14 bits per heavy atom. The molecule has 1 aromatic heterocycles. The molecule has 146 valence electrons. The minimum Gasteiger partial charge on any atom is -0.493 e. The van der Waals surface area contributed by atoms with E-state index in [9.17, 15) is 0 Å². The number of para-hydroxylation sites is 1. The maximum absolute atomic E-state index is 6.26. The van der Waals surface area contributed by atoms with E-state index in [0.717, 1.165) is 17.7 Å². The minimum absolute atomic E-state index is 0.158. The highest BCUT2D eigenvalue weighted by Crippen LogP contribution is 2.46. The molecule has 0 radical (unpaired) electrons. The first kappa shape index (κ1) is 18.9. The predicted octanol–water partition coefficient (Wildman–Crippen LogP) is 5.92. The van der Waals surface area contributed by atoms with E-state index < -0.39 is 0 Å². The van der Waals surface area contributed by atoms with Crippen LogP contribution in [0.15, 0.2) is 54.7 Å². The first-order valence-corrected chi connectivity index (χ1v) is 10.3. The van der Waals surface area contributed by atoms with Crippen molar-refractivity contribution < 1.29 is 4.74 Å². The number of pyridine rings is 1. The zero-order chi connectivity index (χ0) is 19.7. The van der Waals surface area contributed by atoms with Crippen LogP contribution in [-0.2, 0) is 0 Å². The van der Waals surface area contributed by atoms with Crippen molar-refractivity contribution in [2.24, 2.45) is 11.7 Å². The Morgan fingerprint density at radius 2 is 1.93 bits per heavy atom. The molecule has 0 saturated heterocycles. The molecule has 3 aromatic rings. The number of benzene rings is 2. The van der Waals surface area contributed by atoms with E-state index in [2.05, 4.69) is 68.2 Å². The molecular formula is C25H30N2O. The highest BCUT2D eigenvalue weighted by molar-refractivity contribution is 5.94. The normalized spacial score (nSPS) is 15.6. The van der Waals surface area contributed by atoms with E-state index in [1.165, 1.54) is 34.9 Å². The molecule has 1 aliphatic rings. The van der Waals surface area contributed by atoms with Crippen molar-refractivity contribution in [3.8, 4) is 16.9 Å². The summed E-state index contributed by atoms with van der Waals surface area (Å²) in [6.45, 7) is 7.07. The van der Waals surface area contributed by atoms with Gasteiger partial charge in [0, 0.05) is 17.1 Å². The van der Waals surface area contributed by atoms with Gasteiger partial charge in [-0.25, -0.2) is 0 Å². The molecular weight excluding hydrogens is 344 g/mol. The van der Waals surface area contributed by atoms with Gasteiger partial charge in [0.05, 0.1) is 12.1 Å². The van der Waals surface area contributed by atoms with Crippen molar-refractivity contribution >= 4 is 10.9 Å². The quantitative estimate of drug-likeness (QED) is 0.558. The molecule has 1 atom stereocenters. The summed E-state index contributed by atoms with van der Waals surface area (Å²) >= 11 is 0. The molecule has 1 heterocycles. The van der Waals surface area contributed by atoms with Crippen LogP contribution in [0.5, 0.6) is 5.75 Å². The lowest BCUT2D eigenvalue weighted by atomic mass is 9.93. The number of ether oxygens (including phenoxy) is 1. The van der Waals surface area contributed by atoms with Gasteiger partial charge in [0.15, 0.2) is 0 Å². The van der Waals surface area contributed by atoms with Gasteiger partial charge in [0.2, 0.25) is 0 Å². The monoisotopic (exact) mass is 374 g/mol. The summed E-state index contributed by atoms with van der Waals surface area (Å²) in [4.78, 5) is 4.50. The summed E-state index contributed by atoms with van der Waals surface area (Å²) in [5, 5.41) is 1.19. The summed E-state index contributed by atoms with van der Waals surface area (Å²) in [6.07, 6.45) is 5.35. The van der Waals surface area contributed by atoms with Crippen molar-refractivity contribution in [3.63, 3.8) is 0 Å². The van der Waals surface area contributed by atoms with Crippen molar-refractivity contribution in [2.45, 2.75) is 51.5 Å². The van der Waals surface area contributed by atoms with Gasteiger partial charge in [0.25, 0.3) is 0 Å². The third-order valence-corrected chi connectivity index (χ3v) is 5.38. The second kappa shape index (κ2) is 7.56. The lowest BCUT2D eigenvalue weighted by Crippen LogP contribution is -2.35. The number of aromatic nitrogens is 1. The number of rotatable bonds is 7. The summed E-state index contributed by atoms with van der Waals surface area (Å²) in [6, 6.07) is 17.1. The second-order valence-electron chi connectivity index (χ2n) is 9.01. The molecule has 1 fully saturated rings. The number of fused-ring (bicyclic) bond motifs is 1. The Kier molecular flexibility index (Phi) is 5.11. The number of nitrogens with zero attached hydrogens (tertiary/aromatic N) is 1. The molecule has 3 heteroatoms. The number of hydrogen-bond acceptors (Lipinski definition) is 3. The maximum Gasteiger partial charge on any atom is 0.122 e. The Labute approximate surface area is 167 Å². The smallest absolute Gasteiger partial charge is 0.122 e. The van der Waals surface area contributed by atoms with Crippen molar-refractivity contribution in [2.75, 3.05) is 6.61 Å². The van der Waals surface area contributed by atoms with Crippen LogP contribution in [0.2, 0.25) is 0 Å². The second-order valence-corrected chi connectivity index (χ2v) is 9.01. The third-order valence-electron chi connectivity index (χ3n) is 5.38. The van der Waals surface area contributed by atoms with E-state index in [-0.39, 0.29) is 5.54 Å². The highest BCUT2D eigenvalue weighted by atomic mass is 16.5. The molecule has 0 amide bonds. The minimum atomic E-state index is -0.158. The van der Waals surface area contributed by atoms with Crippen LogP contribution in [0, 0.1) is 5.92 Å². The van der Waals surface area contributed by atoms with Gasteiger partial charge in [-0.1, -0.05) is 31.2 Å².